The van der Waals surface area contributed by atoms with Crippen LogP contribution in [0, 0.1) is 11.3 Å². The standard InChI is InChI=1S/C10H18N2O/c1-2-9-13-10-3-6-12(7-4-10)8-5-11/h10H,2-4,6-9H2,1H3. The highest BCUT2D eigenvalue weighted by Crippen LogP contribution is 2.13. The van der Waals surface area contributed by atoms with Gasteiger partial charge in [0.2, 0.25) is 0 Å². The molecule has 1 saturated heterocycles. The first-order valence-corrected chi connectivity index (χ1v) is 5.07. The molecule has 0 aliphatic carbocycles. The van der Waals surface area contributed by atoms with Crippen molar-refractivity contribution >= 4 is 0 Å². The Morgan fingerprint density at radius 3 is 2.69 bits per heavy atom. The lowest BCUT2D eigenvalue weighted by Gasteiger charge is -2.29. The van der Waals surface area contributed by atoms with Crippen LogP contribution in [0.3, 0.4) is 0 Å². The molecule has 0 bridgehead atoms. The summed E-state index contributed by atoms with van der Waals surface area (Å²) in [6.45, 7) is 5.61. The molecule has 0 aromatic rings. The van der Waals surface area contributed by atoms with Gasteiger partial charge < -0.3 is 4.74 Å². The zero-order chi connectivity index (χ0) is 9.52. The first kappa shape index (κ1) is 10.5. The number of hydrogen-bond donors (Lipinski definition) is 0. The summed E-state index contributed by atoms with van der Waals surface area (Å²) in [6.07, 6.45) is 3.71. The lowest BCUT2D eigenvalue weighted by molar-refractivity contribution is 0.0105. The Morgan fingerprint density at radius 1 is 1.46 bits per heavy atom. The van der Waals surface area contributed by atoms with Crippen LogP contribution < -0.4 is 0 Å². The van der Waals surface area contributed by atoms with E-state index in [0.29, 0.717) is 12.6 Å². The van der Waals surface area contributed by atoms with Crippen LogP contribution in [0.15, 0.2) is 0 Å². The van der Waals surface area contributed by atoms with Crippen LogP contribution in [0.25, 0.3) is 0 Å². The van der Waals surface area contributed by atoms with E-state index in [2.05, 4.69) is 17.9 Å². The SMILES string of the molecule is CCCOC1CCN(CC#N)CC1. The number of piperidine rings is 1. The molecule has 74 valence electrons. The maximum atomic E-state index is 8.50. The van der Waals surface area contributed by atoms with Crippen molar-refractivity contribution < 1.29 is 4.74 Å². The van der Waals surface area contributed by atoms with Gasteiger partial charge in [-0.3, -0.25) is 4.90 Å². The van der Waals surface area contributed by atoms with E-state index in [1.807, 2.05) is 0 Å². The molecular weight excluding hydrogens is 164 g/mol. The van der Waals surface area contributed by atoms with Gasteiger partial charge in [0.25, 0.3) is 0 Å². The lowest BCUT2D eigenvalue weighted by atomic mass is 10.1. The molecule has 0 amide bonds. The molecule has 0 unspecified atom stereocenters. The lowest BCUT2D eigenvalue weighted by Crippen LogP contribution is -2.37. The van der Waals surface area contributed by atoms with E-state index < -0.39 is 0 Å². The van der Waals surface area contributed by atoms with E-state index >= 15 is 0 Å². The summed E-state index contributed by atoms with van der Waals surface area (Å²) in [6, 6.07) is 2.18. The number of nitrogens with zero attached hydrogens (tertiary/aromatic N) is 2. The third-order valence-corrected chi connectivity index (χ3v) is 2.39. The Kier molecular flexibility index (Phi) is 4.81. The molecule has 3 nitrogen and oxygen atoms in total. The molecule has 0 spiro atoms. The van der Waals surface area contributed by atoms with Crippen molar-refractivity contribution in [3.8, 4) is 6.07 Å². The van der Waals surface area contributed by atoms with Gasteiger partial charge in [0.15, 0.2) is 0 Å². The predicted molar refractivity (Wildman–Crippen MR) is 51.3 cm³/mol. The fourth-order valence-corrected chi connectivity index (χ4v) is 1.62. The van der Waals surface area contributed by atoms with Crippen LogP contribution in [0.5, 0.6) is 0 Å². The van der Waals surface area contributed by atoms with Crippen LogP contribution in [-0.2, 0) is 4.74 Å². The van der Waals surface area contributed by atoms with E-state index in [0.717, 1.165) is 39.0 Å². The molecule has 0 atom stereocenters. The summed E-state index contributed by atoms with van der Waals surface area (Å²) in [5.74, 6) is 0. The fraction of sp³-hybridized carbons (Fsp3) is 0.900. The van der Waals surface area contributed by atoms with Gasteiger partial charge in [-0.15, -0.1) is 0 Å². The first-order chi connectivity index (χ1) is 6.36. The monoisotopic (exact) mass is 182 g/mol. The molecule has 3 heteroatoms. The number of nitriles is 1. The summed E-state index contributed by atoms with van der Waals surface area (Å²) in [5, 5.41) is 8.50. The fourth-order valence-electron chi connectivity index (χ4n) is 1.62. The van der Waals surface area contributed by atoms with E-state index in [4.69, 9.17) is 10.00 Å². The first-order valence-electron chi connectivity index (χ1n) is 5.07. The molecule has 13 heavy (non-hydrogen) atoms. The van der Waals surface area contributed by atoms with Crippen LogP contribution in [0.2, 0.25) is 0 Å². The number of ether oxygens (including phenoxy) is 1. The molecule has 1 aliphatic heterocycles. The minimum atomic E-state index is 0.440. The van der Waals surface area contributed by atoms with E-state index in [9.17, 15) is 0 Å². The van der Waals surface area contributed by atoms with Crippen LogP contribution in [-0.4, -0.2) is 37.2 Å². The maximum absolute atomic E-state index is 8.50. The Balaban J connectivity index is 2.12. The highest BCUT2D eigenvalue weighted by molar-refractivity contribution is 4.80. The smallest absolute Gasteiger partial charge is 0.0866 e. The zero-order valence-electron chi connectivity index (χ0n) is 8.33. The number of rotatable bonds is 4. The summed E-state index contributed by atoms with van der Waals surface area (Å²) >= 11 is 0. The molecule has 0 N–H and O–H groups in total. The zero-order valence-corrected chi connectivity index (χ0v) is 8.33. The summed E-state index contributed by atoms with van der Waals surface area (Å²) in [5.41, 5.74) is 0. The third kappa shape index (κ3) is 3.75. The quantitative estimate of drug-likeness (QED) is 0.617. The van der Waals surface area contributed by atoms with E-state index in [1.54, 1.807) is 0 Å². The Hall–Kier alpha value is -0.590. The molecule has 0 aromatic heterocycles. The molecule has 1 aliphatic rings. The minimum Gasteiger partial charge on any atom is -0.378 e. The summed E-state index contributed by atoms with van der Waals surface area (Å²) in [4.78, 5) is 2.19. The minimum absolute atomic E-state index is 0.440. The van der Waals surface area contributed by atoms with Gasteiger partial charge in [-0.25, -0.2) is 0 Å². The van der Waals surface area contributed by atoms with Gasteiger partial charge in [-0.1, -0.05) is 6.92 Å². The molecule has 1 rings (SSSR count). The second-order valence-corrected chi connectivity index (χ2v) is 3.50. The second kappa shape index (κ2) is 5.95. The van der Waals surface area contributed by atoms with Crippen molar-refractivity contribution in [1.82, 2.24) is 4.90 Å². The number of likely N-dealkylation sites (tertiary alicyclic amines) is 1. The van der Waals surface area contributed by atoms with E-state index in [1.165, 1.54) is 0 Å². The van der Waals surface area contributed by atoms with Crippen molar-refractivity contribution in [2.45, 2.75) is 32.3 Å². The van der Waals surface area contributed by atoms with Crippen LogP contribution in [0.4, 0.5) is 0 Å². The average Bonchev–Trinajstić information content (AvgIpc) is 2.17. The van der Waals surface area contributed by atoms with Crippen LogP contribution >= 0.6 is 0 Å². The highest BCUT2D eigenvalue weighted by atomic mass is 16.5. The molecule has 1 heterocycles. The third-order valence-electron chi connectivity index (χ3n) is 2.39. The van der Waals surface area contributed by atoms with Crippen molar-refractivity contribution in [2.75, 3.05) is 26.2 Å². The summed E-state index contributed by atoms with van der Waals surface area (Å²) < 4.78 is 5.65. The molecule has 0 saturated carbocycles. The van der Waals surface area contributed by atoms with Gasteiger partial charge in [0.1, 0.15) is 0 Å². The van der Waals surface area contributed by atoms with Crippen molar-refractivity contribution in [2.24, 2.45) is 0 Å². The maximum Gasteiger partial charge on any atom is 0.0866 e. The van der Waals surface area contributed by atoms with Crippen LogP contribution in [0.1, 0.15) is 26.2 Å². The topological polar surface area (TPSA) is 36.3 Å². The largest absolute Gasteiger partial charge is 0.378 e. The molecule has 0 aromatic carbocycles. The van der Waals surface area contributed by atoms with Crippen molar-refractivity contribution in [3.05, 3.63) is 0 Å². The molecular formula is C10H18N2O. The van der Waals surface area contributed by atoms with Crippen molar-refractivity contribution in [3.63, 3.8) is 0 Å². The average molecular weight is 182 g/mol. The van der Waals surface area contributed by atoms with Gasteiger partial charge in [-0.05, 0) is 19.3 Å². The van der Waals surface area contributed by atoms with E-state index in [-0.39, 0.29) is 0 Å². The van der Waals surface area contributed by atoms with Gasteiger partial charge >= 0.3 is 0 Å². The predicted octanol–water partition coefficient (Wildman–Crippen LogP) is 1.40. The number of hydrogen-bond acceptors (Lipinski definition) is 3. The molecule has 0 radical (unpaired) electrons. The summed E-state index contributed by atoms with van der Waals surface area (Å²) in [7, 11) is 0. The highest BCUT2D eigenvalue weighted by Gasteiger charge is 2.18. The van der Waals surface area contributed by atoms with Gasteiger partial charge in [0.05, 0.1) is 18.7 Å². The molecule has 1 fully saturated rings. The Bertz CT molecular complexity index is 168. The van der Waals surface area contributed by atoms with Crippen molar-refractivity contribution in [1.29, 1.82) is 5.26 Å². The normalized spacial score (nSPS) is 20.0. The van der Waals surface area contributed by atoms with Gasteiger partial charge in [-0.2, -0.15) is 5.26 Å². The second-order valence-electron chi connectivity index (χ2n) is 3.50. The van der Waals surface area contributed by atoms with Gasteiger partial charge in [0, 0.05) is 19.7 Å². The Labute approximate surface area is 80.3 Å². The Morgan fingerprint density at radius 2 is 2.15 bits per heavy atom.